The van der Waals surface area contributed by atoms with E-state index in [-0.39, 0.29) is 12.1 Å². The third-order valence-electron chi connectivity index (χ3n) is 3.65. The Morgan fingerprint density at radius 2 is 2.29 bits per heavy atom. The van der Waals surface area contributed by atoms with Crippen molar-refractivity contribution in [2.45, 2.75) is 38.1 Å². The molecule has 2 aromatic rings. The molecule has 3 N–H and O–H groups in total. The predicted molar refractivity (Wildman–Crippen MR) is 91.0 cm³/mol. The van der Waals surface area contributed by atoms with Gasteiger partial charge in [-0.2, -0.15) is 16.9 Å². The lowest BCUT2D eigenvalue weighted by Gasteiger charge is -2.19. The minimum Gasteiger partial charge on any atom is -0.270 e. The number of fused-ring (bicyclic) bond motifs is 1. The summed E-state index contributed by atoms with van der Waals surface area (Å²) >= 11 is 10.2. The Hall–Kier alpha value is -0.530. The summed E-state index contributed by atoms with van der Waals surface area (Å²) in [6, 6.07) is 2.40. The standard InChI is InChI=1S/C14H19ClN4S2/c1-8(2)19-14(10(15)6-17-19)13(18-16)12-5-9-7-20-4-3-11(9)21-12/h5-6,8,13,18H,3-4,7,16H2,1-2H3. The highest BCUT2D eigenvalue weighted by molar-refractivity contribution is 7.98. The Morgan fingerprint density at radius 1 is 1.48 bits per heavy atom. The van der Waals surface area contributed by atoms with E-state index in [1.165, 1.54) is 21.1 Å². The zero-order valence-electron chi connectivity index (χ0n) is 12.1. The topological polar surface area (TPSA) is 55.9 Å². The molecule has 0 radical (unpaired) electrons. The fraction of sp³-hybridized carbons (Fsp3) is 0.500. The van der Waals surface area contributed by atoms with E-state index in [2.05, 4.69) is 30.4 Å². The Bertz CT molecular complexity index is 611. The average molecular weight is 343 g/mol. The van der Waals surface area contributed by atoms with Crippen molar-refractivity contribution in [3.05, 3.63) is 38.3 Å². The molecule has 0 aromatic carbocycles. The first-order valence-corrected chi connectivity index (χ1v) is 9.35. The third kappa shape index (κ3) is 2.87. The Morgan fingerprint density at radius 3 is 2.95 bits per heavy atom. The van der Waals surface area contributed by atoms with Crippen LogP contribution in [-0.4, -0.2) is 15.5 Å². The van der Waals surface area contributed by atoms with Crippen molar-refractivity contribution in [2.75, 3.05) is 5.75 Å². The van der Waals surface area contributed by atoms with Crippen molar-refractivity contribution in [3.8, 4) is 0 Å². The lowest BCUT2D eigenvalue weighted by Crippen LogP contribution is -2.30. The predicted octanol–water partition coefficient (Wildman–Crippen LogP) is 3.52. The normalized spacial score (nSPS) is 16.2. The van der Waals surface area contributed by atoms with Gasteiger partial charge in [-0.1, -0.05) is 11.6 Å². The number of thioether (sulfide) groups is 1. The molecule has 0 saturated carbocycles. The Balaban J connectivity index is 2.02. The molecule has 1 aliphatic rings. The van der Waals surface area contributed by atoms with E-state index in [1.54, 1.807) is 6.20 Å². The average Bonchev–Trinajstić information content (AvgIpc) is 3.04. The fourth-order valence-electron chi connectivity index (χ4n) is 2.64. The Labute approximate surface area is 138 Å². The van der Waals surface area contributed by atoms with E-state index in [0.717, 1.165) is 17.9 Å². The molecule has 0 saturated heterocycles. The monoisotopic (exact) mass is 342 g/mol. The van der Waals surface area contributed by atoms with Crippen LogP contribution >= 0.6 is 34.7 Å². The minimum absolute atomic E-state index is 0.108. The number of hydrogen-bond donors (Lipinski definition) is 2. The minimum atomic E-state index is -0.108. The SMILES string of the molecule is CC(C)n1ncc(Cl)c1C(NN)c1cc2c(s1)CCSC2. The van der Waals surface area contributed by atoms with Gasteiger partial charge >= 0.3 is 0 Å². The summed E-state index contributed by atoms with van der Waals surface area (Å²) in [7, 11) is 0. The summed E-state index contributed by atoms with van der Waals surface area (Å²) in [5, 5.41) is 5.04. The number of aromatic nitrogens is 2. The molecule has 1 aliphatic heterocycles. The molecule has 0 fully saturated rings. The molecule has 3 rings (SSSR count). The summed E-state index contributed by atoms with van der Waals surface area (Å²) in [4.78, 5) is 2.70. The largest absolute Gasteiger partial charge is 0.270 e. The van der Waals surface area contributed by atoms with E-state index >= 15 is 0 Å². The first-order valence-electron chi connectivity index (χ1n) is 7.00. The van der Waals surface area contributed by atoms with Crippen LogP contribution in [0.25, 0.3) is 0 Å². The molecular formula is C14H19ClN4S2. The number of hydrogen-bond acceptors (Lipinski definition) is 5. The lowest BCUT2D eigenvalue weighted by molar-refractivity contribution is 0.478. The molecule has 2 aromatic heterocycles. The number of hydrazine groups is 1. The van der Waals surface area contributed by atoms with Gasteiger partial charge in [0.15, 0.2) is 0 Å². The van der Waals surface area contributed by atoms with Crippen LogP contribution in [0.1, 0.15) is 46.9 Å². The van der Waals surface area contributed by atoms with E-state index in [4.69, 9.17) is 17.4 Å². The van der Waals surface area contributed by atoms with E-state index in [0.29, 0.717) is 5.02 Å². The number of thiophene rings is 1. The smallest absolute Gasteiger partial charge is 0.0985 e. The highest BCUT2D eigenvalue weighted by atomic mass is 35.5. The summed E-state index contributed by atoms with van der Waals surface area (Å²) < 4.78 is 1.94. The molecule has 7 heteroatoms. The maximum atomic E-state index is 6.36. The third-order valence-corrected chi connectivity index (χ3v) is 6.25. The first kappa shape index (κ1) is 15.4. The molecule has 0 bridgehead atoms. The van der Waals surface area contributed by atoms with E-state index in [1.807, 2.05) is 27.8 Å². The molecule has 4 nitrogen and oxygen atoms in total. The second kappa shape index (κ2) is 6.30. The number of nitrogens with two attached hydrogens (primary N) is 1. The number of nitrogens with zero attached hydrogens (tertiary/aromatic N) is 2. The Kier molecular flexibility index (Phi) is 4.61. The van der Waals surface area contributed by atoms with Gasteiger partial charge in [-0.25, -0.2) is 5.43 Å². The molecular weight excluding hydrogens is 324 g/mol. The highest BCUT2D eigenvalue weighted by Crippen LogP contribution is 2.38. The molecule has 114 valence electrons. The highest BCUT2D eigenvalue weighted by Gasteiger charge is 2.25. The van der Waals surface area contributed by atoms with Crippen molar-refractivity contribution < 1.29 is 0 Å². The van der Waals surface area contributed by atoms with Crippen LogP contribution in [0.3, 0.4) is 0 Å². The van der Waals surface area contributed by atoms with Crippen molar-refractivity contribution in [3.63, 3.8) is 0 Å². The quantitative estimate of drug-likeness (QED) is 0.659. The van der Waals surface area contributed by atoms with Gasteiger partial charge in [0.2, 0.25) is 0 Å². The van der Waals surface area contributed by atoms with E-state index in [9.17, 15) is 0 Å². The second-order valence-corrected chi connectivity index (χ2v) is 8.10. The molecule has 21 heavy (non-hydrogen) atoms. The number of halogens is 1. The zero-order valence-corrected chi connectivity index (χ0v) is 14.5. The fourth-order valence-corrected chi connectivity index (χ4v) is 5.32. The molecule has 0 spiro atoms. The van der Waals surface area contributed by atoms with Crippen molar-refractivity contribution >= 4 is 34.7 Å². The maximum Gasteiger partial charge on any atom is 0.0985 e. The van der Waals surface area contributed by atoms with Crippen LogP contribution < -0.4 is 11.3 Å². The van der Waals surface area contributed by atoms with Gasteiger partial charge in [-0.3, -0.25) is 10.5 Å². The number of nitrogens with one attached hydrogen (secondary N) is 1. The van der Waals surface area contributed by atoms with Crippen LogP contribution in [0.15, 0.2) is 12.3 Å². The zero-order chi connectivity index (χ0) is 15.0. The van der Waals surface area contributed by atoms with Crippen LogP contribution in [0.5, 0.6) is 0 Å². The number of rotatable bonds is 4. The van der Waals surface area contributed by atoms with Crippen molar-refractivity contribution in [2.24, 2.45) is 5.84 Å². The van der Waals surface area contributed by atoms with Crippen LogP contribution in [0, 0.1) is 0 Å². The van der Waals surface area contributed by atoms with Crippen LogP contribution in [0.4, 0.5) is 0 Å². The lowest BCUT2D eigenvalue weighted by atomic mass is 10.1. The van der Waals surface area contributed by atoms with Gasteiger partial charge in [-0.15, -0.1) is 11.3 Å². The molecule has 0 aliphatic carbocycles. The van der Waals surface area contributed by atoms with Gasteiger partial charge in [0, 0.05) is 21.5 Å². The molecule has 1 unspecified atom stereocenters. The number of aryl methyl sites for hydroxylation is 1. The van der Waals surface area contributed by atoms with Gasteiger partial charge in [-0.05, 0) is 37.7 Å². The molecule has 1 atom stereocenters. The molecule has 0 amide bonds. The first-order chi connectivity index (χ1) is 10.1. The van der Waals surface area contributed by atoms with Gasteiger partial charge in [0.05, 0.1) is 23.0 Å². The van der Waals surface area contributed by atoms with Gasteiger partial charge in [0.25, 0.3) is 0 Å². The summed E-state index contributed by atoms with van der Waals surface area (Å²) in [5.41, 5.74) is 5.31. The van der Waals surface area contributed by atoms with Crippen LogP contribution in [0.2, 0.25) is 5.02 Å². The summed E-state index contributed by atoms with van der Waals surface area (Å²) in [6.07, 6.45) is 2.85. The van der Waals surface area contributed by atoms with Gasteiger partial charge < -0.3 is 0 Å². The van der Waals surface area contributed by atoms with E-state index < -0.39 is 0 Å². The van der Waals surface area contributed by atoms with Crippen LogP contribution in [-0.2, 0) is 12.2 Å². The second-order valence-electron chi connectivity index (χ2n) is 5.42. The summed E-state index contributed by atoms with van der Waals surface area (Å²) in [5.74, 6) is 8.15. The van der Waals surface area contributed by atoms with Gasteiger partial charge in [0.1, 0.15) is 0 Å². The summed E-state index contributed by atoms with van der Waals surface area (Å²) in [6.45, 7) is 4.19. The maximum absolute atomic E-state index is 6.36. The molecule has 3 heterocycles. The van der Waals surface area contributed by atoms with Crippen molar-refractivity contribution in [1.82, 2.24) is 15.2 Å². The van der Waals surface area contributed by atoms with Crippen molar-refractivity contribution in [1.29, 1.82) is 0 Å².